The molecule has 3 rings (SSSR count). The number of carbonyl (C=O) groups is 1. The number of nitrogen functional groups attached to an aromatic ring is 1. The van der Waals surface area contributed by atoms with E-state index < -0.39 is 0 Å². The van der Waals surface area contributed by atoms with E-state index in [2.05, 4.69) is 18.3 Å². The summed E-state index contributed by atoms with van der Waals surface area (Å²) in [6.07, 6.45) is 3.59. The van der Waals surface area contributed by atoms with Crippen LogP contribution in [0, 0.1) is 12.3 Å². The highest BCUT2D eigenvalue weighted by Crippen LogP contribution is 2.48. The highest BCUT2D eigenvalue weighted by atomic mass is 32.1. The lowest BCUT2D eigenvalue weighted by Gasteiger charge is -2.12. The van der Waals surface area contributed by atoms with Gasteiger partial charge in [0.15, 0.2) is 0 Å². The lowest BCUT2D eigenvalue weighted by Crippen LogP contribution is -2.29. The van der Waals surface area contributed by atoms with Crippen molar-refractivity contribution in [3.63, 3.8) is 0 Å². The third kappa shape index (κ3) is 2.29. The molecule has 1 aliphatic carbocycles. The molecule has 1 saturated carbocycles. The zero-order valence-electron chi connectivity index (χ0n) is 12.0. The molecule has 106 valence electrons. The zero-order valence-corrected chi connectivity index (χ0v) is 12.8. The molecule has 1 fully saturated rings. The van der Waals surface area contributed by atoms with Gasteiger partial charge in [0.05, 0.1) is 5.69 Å². The predicted octanol–water partition coefficient (Wildman–Crippen LogP) is 3.71. The molecule has 0 radical (unpaired) electrons. The van der Waals surface area contributed by atoms with Crippen LogP contribution in [0.4, 0.5) is 5.69 Å². The Bertz CT molecular complexity index is 670. The summed E-state index contributed by atoms with van der Waals surface area (Å²) in [5, 5.41) is 4.06. The van der Waals surface area contributed by atoms with E-state index in [1.807, 2.05) is 19.1 Å². The summed E-state index contributed by atoms with van der Waals surface area (Å²) in [5.74, 6) is -0.0268. The number of hydrogen-bond acceptors (Lipinski definition) is 3. The first-order valence-corrected chi connectivity index (χ1v) is 7.93. The molecule has 1 amide bonds. The Labute approximate surface area is 123 Å². The van der Waals surface area contributed by atoms with E-state index in [0.29, 0.717) is 16.0 Å². The normalized spacial score (nSPS) is 16.3. The van der Waals surface area contributed by atoms with E-state index in [1.165, 1.54) is 24.2 Å². The number of hydrogen-bond donors (Lipinski definition) is 2. The summed E-state index contributed by atoms with van der Waals surface area (Å²) >= 11 is 1.48. The van der Waals surface area contributed by atoms with Crippen molar-refractivity contribution in [2.45, 2.75) is 33.1 Å². The van der Waals surface area contributed by atoms with Crippen molar-refractivity contribution in [3.05, 3.63) is 28.6 Å². The van der Waals surface area contributed by atoms with Crippen LogP contribution in [0.25, 0.3) is 10.1 Å². The lowest BCUT2D eigenvalue weighted by atomic mass is 10.0. The molecule has 20 heavy (non-hydrogen) atoms. The van der Waals surface area contributed by atoms with Crippen LogP contribution in [-0.4, -0.2) is 12.5 Å². The molecule has 0 unspecified atom stereocenters. The number of benzene rings is 1. The molecule has 1 aromatic heterocycles. The SMILES string of the molecule is CCC1(CNC(=O)c2sc3ccc(C)cc3c2N)CC1. The van der Waals surface area contributed by atoms with Gasteiger partial charge >= 0.3 is 0 Å². The van der Waals surface area contributed by atoms with Crippen molar-refractivity contribution in [1.82, 2.24) is 5.32 Å². The molecule has 0 aliphatic heterocycles. The molecule has 1 aromatic carbocycles. The van der Waals surface area contributed by atoms with Gasteiger partial charge in [-0.25, -0.2) is 0 Å². The fourth-order valence-electron chi connectivity index (χ4n) is 2.58. The summed E-state index contributed by atoms with van der Waals surface area (Å²) in [6, 6.07) is 6.14. The molecule has 0 bridgehead atoms. The van der Waals surface area contributed by atoms with Crippen LogP contribution >= 0.6 is 11.3 Å². The van der Waals surface area contributed by atoms with Gasteiger partial charge in [0, 0.05) is 16.6 Å². The second-order valence-corrected chi connectivity index (χ2v) is 6.93. The van der Waals surface area contributed by atoms with Crippen molar-refractivity contribution >= 4 is 33.0 Å². The van der Waals surface area contributed by atoms with Gasteiger partial charge in [-0.2, -0.15) is 0 Å². The third-order valence-electron chi connectivity index (χ3n) is 4.42. The van der Waals surface area contributed by atoms with Gasteiger partial charge in [-0.3, -0.25) is 4.79 Å². The standard InChI is InChI=1S/C16H20N2OS/c1-3-16(6-7-16)9-18-15(19)14-13(17)11-8-10(2)4-5-12(11)20-14/h4-5,8H,3,6-7,9,17H2,1-2H3,(H,18,19). The van der Waals surface area contributed by atoms with Gasteiger partial charge in [0.25, 0.3) is 5.91 Å². The monoisotopic (exact) mass is 288 g/mol. The number of nitrogens with one attached hydrogen (secondary N) is 1. The Morgan fingerprint density at radius 3 is 2.85 bits per heavy atom. The number of thiophene rings is 1. The molecule has 0 atom stereocenters. The number of fused-ring (bicyclic) bond motifs is 1. The van der Waals surface area contributed by atoms with Crippen LogP contribution in [0.1, 0.15) is 41.4 Å². The topological polar surface area (TPSA) is 55.1 Å². The average molecular weight is 288 g/mol. The Kier molecular flexibility index (Phi) is 3.21. The maximum atomic E-state index is 12.3. The molecule has 2 aromatic rings. The van der Waals surface area contributed by atoms with E-state index in [0.717, 1.165) is 28.6 Å². The number of anilines is 1. The first-order chi connectivity index (χ1) is 9.54. The molecule has 0 saturated heterocycles. The molecule has 1 aliphatic rings. The van der Waals surface area contributed by atoms with Crippen LogP contribution in [0.3, 0.4) is 0 Å². The minimum absolute atomic E-state index is 0.0268. The minimum Gasteiger partial charge on any atom is -0.397 e. The number of amides is 1. The predicted molar refractivity (Wildman–Crippen MR) is 85.3 cm³/mol. The number of nitrogens with two attached hydrogens (primary N) is 1. The van der Waals surface area contributed by atoms with Crippen LogP contribution in [0.15, 0.2) is 18.2 Å². The number of rotatable bonds is 4. The summed E-state index contributed by atoms with van der Waals surface area (Å²) in [5.41, 5.74) is 8.29. The van der Waals surface area contributed by atoms with Crippen LogP contribution in [0.5, 0.6) is 0 Å². The average Bonchev–Trinajstić information content (AvgIpc) is 3.16. The second-order valence-electron chi connectivity index (χ2n) is 5.88. The molecular weight excluding hydrogens is 268 g/mol. The Hall–Kier alpha value is -1.55. The largest absolute Gasteiger partial charge is 0.397 e. The summed E-state index contributed by atoms with van der Waals surface area (Å²) in [7, 11) is 0. The summed E-state index contributed by atoms with van der Waals surface area (Å²) < 4.78 is 1.08. The Balaban J connectivity index is 1.82. The molecule has 4 heteroatoms. The van der Waals surface area contributed by atoms with E-state index in [9.17, 15) is 4.79 Å². The maximum absolute atomic E-state index is 12.3. The van der Waals surface area contributed by atoms with Gasteiger partial charge < -0.3 is 11.1 Å². The second kappa shape index (κ2) is 4.77. The van der Waals surface area contributed by atoms with Gasteiger partial charge in [-0.1, -0.05) is 18.6 Å². The van der Waals surface area contributed by atoms with E-state index in [1.54, 1.807) is 0 Å². The van der Waals surface area contributed by atoms with Gasteiger partial charge in [0.2, 0.25) is 0 Å². The van der Waals surface area contributed by atoms with Gasteiger partial charge in [0.1, 0.15) is 4.88 Å². The van der Waals surface area contributed by atoms with Crippen molar-refractivity contribution < 1.29 is 4.79 Å². The van der Waals surface area contributed by atoms with Crippen LogP contribution < -0.4 is 11.1 Å². The van der Waals surface area contributed by atoms with Crippen molar-refractivity contribution in [3.8, 4) is 0 Å². The van der Waals surface area contributed by atoms with Crippen molar-refractivity contribution in [2.24, 2.45) is 5.41 Å². The molecule has 3 nitrogen and oxygen atoms in total. The number of carbonyl (C=O) groups excluding carboxylic acids is 1. The Morgan fingerprint density at radius 1 is 1.45 bits per heavy atom. The third-order valence-corrected chi connectivity index (χ3v) is 5.60. The lowest BCUT2D eigenvalue weighted by molar-refractivity contribution is 0.0949. The fourth-order valence-corrected chi connectivity index (χ4v) is 3.60. The van der Waals surface area contributed by atoms with Crippen molar-refractivity contribution in [2.75, 3.05) is 12.3 Å². The van der Waals surface area contributed by atoms with Gasteiger partial charge in [-0.15, -0.1) is 11.3 Å². The number of aryl methyl sites for hydroxylation is 1. The molecular formula is C16H20N2OS. The minimum atomic E-state index is -0.0268. The van der Waals surface area contributed by atoms with E-state index >= 15 is 0 Å². The first kappa shape index (κ1) is 13.4. The highest BCUT2D eigenvalue weighted by Gasteiger charge is 2.40. The molecule has 1 heterocycles. The van der Waals surface area contributed by atoms with Crippen LogP contribution in [0.2, 0.25) is 0 Å². The molecule has 0 spiro atoms. The quantitative estimate of drug-likeness (QED) is 0.901. The summed E-state index contributed by atoms with van der Waals surface area (Å²) in [6.45, 7) is 5.00. The van der Waals surface area contributed by atoms with E-state index in [-0.39, 0.29) is 5.91 Å². The van der Waals surface area contributed by atoms with Crippen LogP contribution in [-0.2, 0) is 0 Å². The Morgan fingerprint density at radius 2 is 2.20 bits per heavy atom. The molecule has 3 N–H and O–H groups in total. The highest BCUT2D eigenvalue weighted by molar-refractivity contribution is 7.21. The van der Waals surface area contributed by atoms with E-state index in [4.69, 9.17) is 5.73 Å². The maximum Gasteiger partial charge on any atom is 0.263 e. The zero-order chi connectivity index (χ0) is 14.3. The smallest absolute Gasteiger partial charge is 0.263 e. The summed E-state index contributed by atoms with van der Waals surface area (Å²) in [4.78, 5) is 13.0. The van der Waals surface area contributed by atoms with Crippen molar-refractivity contribution in [1.29, 1.82) is 0 Å². The van der Waals surface area contributed by atoms with Gasteiger partial charge in [-0.05, 0) is 43.7 Å². The fraction of sp³-hybridized carbons (Fsp3) is 0.438. The first-order valence-electron chi connectivity index (χ1n) is 7.11.